The molecule has 4 nitrogen and oxygen atoms in total. The molecule has 1 aromatic rings. The monoisotopic (exact) mass is 251 g/mol. The Morgan fingerprint density at radius 2 is 2.00 bits per heavy atom. The van der Waals surface area contributed by atoms with Crippen LogP contribution in [-0.2, 0) is 11.3 Å². The minimum absolute atomic E-state index is 0.506. The predicted octanol–water partition coefficient (Wildman–Crippen LogP) is 3.31. The van der Waals surface area contributed by atoms with Gasteiger partial charge in [-0.15, -0.1) is 0 Å². The minimum atomic E-state index is 0.506. The fourth-order valence-corrected chi connectivity index (χ4v) is 1.66. The molecule has 0 aliphatic heterocycles. The van der Waals surface area contributed by atoms with Crippen molar-refractivity contribution >= 4 is 5.82 Å². The van der Waals surface area contributed by atoms with Gasteiger partial charge in [-0.1, -0.05) is 26.7 Å². The molecule has 0 aromatic carbocycles. The largest absolute Gasteiger partial charge is 0.373 e. The Balaban J connectivity index is 2.41. The molecule has 0 saturated carbocycles. The summed E-state index contributed by atoms with van der Waals surface area (Å²) in [5, 5.41) is 3.28. The van der Waals surface area contributed by atoms with Crippen LogP contribution in [0.4, 0.5) is 5.82 Å². The van der Waals surface area contributed by atoms with Gasteiger partial charge in [-0.3, -0.25) is 0 Å². The summed E-state index contributed by atoms with van der Waals surface area (Å²) in [6, 6.07) is 1.97. The fourth-order valence-electron chi connectivity index (χ4n) is 1.66. The van der Waals surface area contributed by atoms with Crippen molar-refractivity contribution in [3.05, 3.63) is 17.6 Å². The van der Waals surface area contributed by atoms with Crippen LogP contribution in [0.25, 0.3) is 0 Å². The van der Waals surface area contributed by atoms with E-state index in [1.807, 2.05) is 13.0 Å². The number of ether oxygens (including phenoxy) is 1. The molecule has 102 valence electrons. The summed E-state index contributed by atoms with van der Waals surface area (Å²) in [5.74, 6) is 1.67. The Bertz CT molecular complexity index is 342. The predicted molar refractivity (Wildman–Crippen MR) is 74.7 cm³/mol. The van der Waals surface area contributed by atoms with Crippen molar-refractivity contribution in [2.45, 2.75) is 53.1 Å². The third-order valence-corrected chi connectivity index (χ3v) is 2.58. The quantitative estimate of drug-likeness (QED) is 0.684. The fraction of sp³-hybridized carbons (Fsp3) is 0.714. The van der Waals surface area contributed by atoms with Crippen LogP contribution in [0.3, 0.4) is 0 Å². The molecule has 0 unspecified atom stereocenters. The first-order valence-corrected chi connectivity index (χ1v) is 6.92. The highest BCUT2D eigenvalue weighted by Gasteiger charge is 2.02. The average Bonchev–Trinajstić information content (AvgIpc) is 2.35. The van der Waals surface area contributed by atoms with Crippen LogP contribution < -0.4 is 5.32 Å². The lowest BCUT2D eigenvalue weighted by atomic mass is 10.3. The smallest absolute Gasteiger partial charge is 0.156 e. The molecule has 0 saturated heterocycles. The Morgan fingerprint density at radius 1 is 1.17 bits per heavy atom. The molecule has 0 amide bonds. The summed E-state index contributed by atoms with van der Waals surface area (Å²) < 4.78 is 5.58. The molecular formula is C14H25N3O. The molecule has 0 fully saturated rings. The zero-order chi connectivity index (χ0) is 13.2. The van der Waals surface area contributed by atoms with Gasteiger partial charge in [0, 0.05) is 24.9 Å². The third kappa shape index (κ3) is 5.96. The van der Waals surface area contributed by atoms with Crippen LogP contribution in [0, 0.1) is 6.92 Å². The normalized spacial score (nSPS) is 10.6. The lowest BCUT2D eigenvalue weighted by Gasteiger charge is -2.08. The van der Waals surface area contributed by atoms with Gasteiger partial charge in [0.15, 0.2) is 5.82 Å². The van der Waals surface area contributed by atoms with Crippen LogP contribution in [-0.4, -0.2) is 23.1 Å². The van der Waals surface area contributed by atoms with Crippen molar-refractivity contribution in [1.29, 1.82) is 0 Å². The second-order valence-electron chi connectivity index (χ2n) is 4.50. The van der Waals surface area contributed by atoms with E-state index in [1.54, 1.807) is 0 Å². The molecule has 0 atom stereocenters. The number of aryl methyl sites for hydroxylation is 1. The topological polar surface area (TPSA) is 47.0 Å². The molecule has 18 heavy (non-hydrogen) atoms. The summed E-state index contributed by atoms with van der Waals surface area (Å²) in [4.78, 5) is 8.83. The molecule has 1 heterocycles. The molecule has 0 radical (unpaired) electrons. The van der Waals surface area contributed by atoms with E-state index in [0.717, 1.165) is 43.3 Å². The maximum atomic E-state index is 5.58. The molecule has 0 spiro atoms. The number of nitrogens with one attached hydrogen (secondary N) is 1. The van der Waals surface area contributed by atoms with Gasteiger partial charge >= 0.3 is 0 Å². The lowest BCUT2D eigenvalue weighted by Crippen LogP contribution is -2.07. The standard InChI is InChI=1S/C14H25N3O/c1-4-6-7-9-18-11-14-16-12(3)10-13(17-14)15-8-5-2/h10H,4-9,11H2,1-3H3,(H,15,16,17). The third-order valence-electron chi connectivity index (χ3n) is 2.58. The van der Waals surface area contributed by atoms with E-state index in [9.17, 15) is 0 Å². The van der Waals surface area contributed by atoms with Gasteiger partial charge in [0.1, 0.15) is 12.4 Å². The number of rotatable bonds is 9. The van der Waals surface area contributed by atoms with Crippen molar-refractivity contribution in [3.63, 3.8) is 0 Å². The summed E-state index contributed by atoms with van der Waals surface area (Å²) in [6.45, 7) is 8.55. The second-order valence-corrected chi connectivity index (χ2v) is 4.50. The summed E-state index contributed by atoms with van der Waals surface area (Å²) in [6.07, 6.45) is 4.64. The maximum Gasteiger partial charge on any atom is 0.156 e. The van der Waals surface area contributed by atoms with Crippen LogP contribution in [0.5, 0.6) is 0 Å². The highest BCUT2D eigenvalue weighted by molar-refractivity contribution is 5.35. The highest BCUT2D eigenvalue weighted by Crippen LogP contribution is 2.07. The van der Waals surface area contributed by atoms with E-state index in [1.165, 1.54) is 12.8 Å². The number of hydrogen-bond acceptors (Lipinski definition) is 4. The van der Waals surface area contributed by atoms with Crippen LogP contribution >= 0.6 is 0 Å². The first-order valence-electron chi connectivity index (χ1n) is 6.92. The van der Waals surface area contributed by atoms with Gasteiger partial charge in [-0.25, -0.2) is 9.97 Å². The van der Waals surface area contributed by atoms with E-state index in [4.69, 9.17) is 4.74 Å². The first kappa shape index (κ1) is 14.9. The number of nitrogens with zero attached hydrogens (tertiary/aromatic N) is 2. The van der Waals surface area contributed by atoms with E-state index >= 15 is 0 Å². The summed E-state index contributed by atoms with van der Waals surface area (Å²) in [7, 11) is 0. The van der Waals surface area contributed by atoms with Gasteiger partial charge in [-0.05, 0) is 19.8 Å². The molecule has 4 heteroatoms. The molecule has 0 aliphatic carbocycles. The number of anilines is 1. The molecule has 1 rings (SSSR count). The van der Waals surface area contributed by atoms with Gasteiger partial charge in [0.2, 0.25) is 0 Å². The van der Waals surface area contributed by atoms with Gasteiger partial charge in [0.25, 0.3) is 0 Å². The van der Waals surface area contributed by atoms with Crippen LogP contribution in [0.2, 0.25) is 0 Å². The Hall–Kier alpha value is -1.16. The lowest BCUT2D eigenvalue weighted by molar-refractivity contribution is 0.112. The van der Waals surface area contributed by atoms with Crippen LogP contribution in [0.15, 0.2) is 6.07 Å². The summed E-state index contributed by atoms with van der Waals surface area (Å²) >= 11 is 0. The first-order chi connectivity index (χ1) is 8.76. The van der Waals surface area contributed by atoms with Crippen molar-refractivity contribution < 1.29 is 4.74 Å². The minimum Gasteiger partial charge on any atom is -0.373 e. The zero-order valence-corrected chi connectivity index (χ0v) is 11.8. The van der Waals surface area contributed by atoms with Gasteiger partial charge in [0.05, 0.1) is 0 Å². The molecule has 1 aromatic heterocycles. The molecular weight excluding hydrogens is 226 g/mol. The molecule has 1 N–H and O–H groups in total. The number of unbranched alkanes of at least 4 members (excludes halogenated alkanes) is 2. The van der Waals surface area contributed by atoms with Crippen LogP contribution in [0.1, 0.15) is 51.0 Å². The maximum absolute atomic E-state index is 5.58. The average molecular weight is 251 g/mol. The van der Waals surface area contributed by atoms with E-state index in [2.05, 4.69) is 29.1 Å². The van der Waals surface area contributed by atoms with Gasteiger partial charge < -0.3 is 10.1 Å². The van der Waals surface area contributed by atoms with Gasteiger partial charge in [-0.2, -0.15) is 0 Å². The molecule has 0 bridgehead atoms. The highest BCUT2D eigenvalue weighted by atomic mass is 16.5. The second kappa shape index (κ2) is 8.86. The van der Waals surface area contributed by atoms with E-state index in [-0.39, 0.29) is 0 Å². The van der Waals surface area contributed by atoms with Crippen molar-refractivity contribution in [1.82, 2.24) is 9.97 Å². The SMILES string of the molecule is CCCCCOCc1nc(C)cc(NCCC)n1. The van der Waals surface area contributed by atoms with Crippen molar-refractivity contribution in [3.8, 4) is 0 Å². The van der Waals surface area contributed by atoms with E-state index < -0.39 is 0 Å². The van der Waals surface area contributed by atoms with Crippen molar-refractivity contribution in [2.24, 2.45) is 0 Å². The number of aromatic nitrogens is 2. The van der Waals surface area contributed by atoms with Crippen molar-refractivity contribution in [2.75, 3.05) is 18.5 Å². The summed E-state index contributed by atoms with van der Waals surface area (Å²) in [5.41, 5.74) is 0.982. The Kier molecular flexibility index (Phi) is 7.34. The Morgan fingerprint density at radius 3 is 2.72 bits per heavy atom. The zero-order valence-electron chi connectivity index (χ0n) is 11.8. The van der Waals surface area contributed by atoms with E-state index in [0.29, 0.717) is 6.61 Å². The number of hydrogen-bond donors (Lipinski definition) is 1. The Labute approximate surface area is 110 Å². The molecule has 0 aliphatic rings.